The van der Waals surface area contributed by atoms with Crippen molar-refractivity contribution in [3.05, 3.63) is 76.6 Å². The summed E-state index contributed by atoms with van der Waals surface area (Å²) in [5.74, 6) is -0.372. The van der Waals surface area contributed by atoms with Crippen molar-refractivity contribution in [1.82, 2.24) is 4.98 Å². The van der Waals surface area contributed by atoms with Crippen LogP contribution in [-0.2, 0) is 21.4 Å². The molecule has 0 radical (unpaired) electrons. The molecule has 0 unspecified atom stereocenters. The summed E-state index contributed by atoms with van der Waals surface area (Å²) in [7, 11) is 0. The standard InChI is InChI=1S/C22H24ClNO2/c1-15(20(25)26-21(2,3)4)14-18-6-5-7-19(24-18)22(12-13-22)16-8-10-17(23)11-9-16/h5-11H,1,12-14H2,2-4H3. The van der Waals surface area contributed by atoms with Crippen LogP contribution in [0, 0.1) is 0 Å². The van der Waals surface area contributed by atoms with E-state index in [0.29, 0.717) is 12.0 Å². The number of rotatable bonds is 5. The van der Waals surface area contributed by atoms with Gasteiger partial charge in [-0.2, -0.15) is 0 Å². The topological polar surface area (TPSA) is 39.2 Å². The van der Waals surface area contributed by atoms with Gasteiger partial charge in [-0.1, -0.05) is 36.4 Å². The molecule has 0 aliphatic heterocycles. The summed E-state index contributed by atoms with van der Waals surface area (Å²) in [4.78, 5) is 17.0. The zero-order valence-corrected chi connectivity index (χ0v) is 16.3. The average molecular weight is 370 g/mol. The molecular formula is C22H24ClNO2. The van der Waals surface area contributed by atoms with E-state index in [2.05, 4.69) is 24.8 Å². The molecule has 0 atom stereocenters. The summed E-state index contributed by atoms with van der Waals surface area (Å²) in [5.41, 5.74) is 2.96. The summed E-state index contributed by atoms with van der Waals surface area (Å²) < 4.78 is 5.38. The van der Waals surface area contributed by atoms with Crippen LogP contribution in [0.5, 0.6) is 0 Å². The summed E-state index contributed by atoms with van der Waals surface area (Å²) in [5, 5.41) is 0.736. The van der Waals surface area contributed by atoms with Crippen molar-refractivity contribution in [2.24, 2.45) is 0 Å². The number of halogens is 1. The molecule has 1 aliphatic rings. The van der Waals surface area contributed by atoms with Gasteiger partial charge in [0.05, 0.1) is 5.69 Å². The number of hydrogen-bond acceptors (Lipinski definition) is 3. The van der Waals surface area contributed by atoms with E-state index in [0.717, 1.165) is 29.3 Å². The number of hydrogen-bond donors (Lipinski definition) is 0. The van der Waals surface area contributed by atoms with Gasteiger partial charge in [0, 0.05) is 28.1 Å². The average Bonchev–Trinajstić information content (AvgIpc) is 3.36. The molecule has 1 aromatic carbocycles. The van der Waals surface area contributed by atoms with Crippen molar-refractivity contribution in [2.45, 2.75) is 51.0 Å². The van der Waals surface area contributed by atoms with Gasteiger partial charge in [-0.05, 0) is 63.4 Å². The van der Waals surface area contributed by atoms with E-state index in [-0.39, 0.29) is 11.4 Å². The molecule has 0 N–H and O–H groups in total. The van der Waals surface area contributed by atoms with Crippen LogP contribution in [-0.4, -0.2) is 16.6 Å². The van der Waals surface area contributed by atoms with E-state index in [1.54, 1.807) is 0 Å². The van der Waals surface area contributed by atoms with Crippen molar-refractivity contribution in [2.75, 3.05) is 0 Å². The maximum absolute atomic E-state index is 12.1. The summed E-state index contributed by atoms with van der Waals surface area (Å²) in [6, 6.07) is 14.0. The number of aromatic nitrogens is 1. The second-order valence-electron chi connectivity index (χ2n) is 7.89. The van der Waals surface area contributed by atoms with Crippen molar-refractivity contribution >= 4 is 17.6 Å². The highest BCUT2D eigenvalue weighted by atomic mass is 35.5. The third kappa shape index (κ3) is 4.16. The monoisotopic (exact) mass is 369 g/mol. The first-order chi connectivity index (χ1) is 12.2. The van der Waals surface area contributed by atoms with E-state index in [4.69, 9.17) is 21.3 Å². The second-order valence-corrected chi connectivity index (χ2v) is 8.32. The molecule has 26 heavy (non-hydrogen) atoms. The van der Waals surface area contributed by atoms with Crippen molar-refractivity contribution in [3.63, 3.8) is 0 Å². The predicted octanol–water partition coefficient (Wildman–Crippen LogP) is 5.26. The Morgan fingerprint density at radius 3 is 2.42 bits per heavy atom. The van der Waals surface area contributed by atoms with Gasteiger partial charge in [0.15, 0.2) is 0 Å². The molecule has 3 rings (SSSR count). The Labute approximate surface area is 160 Å². The van der Waals surface area contributed by atoms with E-state index >= 15 is 0 Å². The first kappa shape index (κ1) is 18.7. The Morgan fingerprint density at radius 2 is 1.85 bits per heavy atom. The van der Waals surface area contributed by atoms with Crippen molar-refractivity contribution in [3.8, 4) is 0 Å². The van der Waals surface area contributed by atoms with Gasteiger partial charge >= 0.3 is 5.97 Å². The van der Waals surface area contributed by atoms with Gasteiger partial charge in [-0.15, -0.1) is 0 Å². The Balaban J connectivity index is 1.78. The van der Waals surface area contributed by atoms with Crippen LogP contribution in [0.3, 0.4) is 0 Å². The number of esters is 1. The van der Waals surface area contributed by atoms with Gasteiger partial charge in [0.1, 0.15) is 5.60 Å². The first-order valence-electron chi connectivity index (χ1n) is 8.83. The molecule has 3 nitrogen and oxygen atoms in total. The molecule has 0 saturated heterocycles. The van der Waals surface area contributed by atoms with Gasteiger partial charge in [-0.25, -0.2) is 4.79 Å². The lowest BCUT2D eigenvalue weighted by Gasteiger charge is -2.20. The van der Waals surface area contributed by atoms with Gasteiger partial charge < -0.3 is 4.74 Å². The molecule has 0 spiro atoms. The van der Waals surface area contributed by atoms with E-state index in [1.165, 1.54) is 5.56 Å². The third-order valence-corrected chi connectivity index (χ3v) is 4.78. The highest BCUT2D eigenvalue weighted by Gasteiger charge is 2.47. The maximum Gasteiger partial charge on any atom is 0.334 e. The fourth-order valence-electron chi connectivity index (χ4n) is 3.07. The highest BCUT2D eigenvalue weighted by molar-refractivity contribution is 6.30. The SMILES string of the molecule is C=C(Cc1cccc(C2(c3ccc(Cl)cc3)CC2)n1)C(=O)OC(C)(C)C. The van der Waals surface area contributed by atoms with Gasteiger partial charge in [-0.3, -0.25) is 4.98 Å². The summed E-state index contributed by atoms with van der Waals surface area (Å²) in [6.07, 6.45) is 2.52. The molecule has 0 bridgehead atoms. The molecule has 136 valence electrons. The number of nitrogens with zero attached hydrogens (tertiary/aromatic N) is 1. The lowest BCUT2D eigenvalue weighted by molar-refractivity contribution is -0.149. The second kappa shape index (κ2) is 6.88. The molecule has 1 saturated carbocycles. The highest BCUT2D eigenvalue weighted by Crippen LogP contribution is 2.52. The lowest BCUT2D eigenvalue weighted by Crippen LogP contribution is -2.25. The molecule has 0 amide bonds. The van der Waals surface area contributed by atoms with Crippen LogP contribution in [0.25, 0.3) is 0 Å². The Morgan fingerprint density at radius 1 is 1.19 bits per heavy atom. The number of benzene rings is 1. The number of ether oxygens (including phenoxy) is 1. The largest absolute Gasteiger partial charge is 0.457 e. The predicted molar refractivity (Wildman–Crippen MR) is 104 cm³/mol. The number of carbonyl (C=O) groups excluding carboxylic acids is 1. The van der Waals surface area contributed by atoms with Gasteiger partial charge in [0.25, 0.3) is 0 Å². The van der Waals surface area contributed by atoms with Crippen LogP contribution in [0.1, 0.15) is 50.6 Å². The Hall–Kier alpha value is -2.13. The molecule has 4 heteroatoms. The van der Waals surface area contributed by atoms with Crippen molar-refractivity contribution < 1.29 is 9.53 Å². The Kier molecular flexibility index (Phi) is 4.94. The third-order valence-electron chi connectivity index (χ3n) is 4.53. The molecule has 1 heterocycles. The van der Waals surface area contributed by atoms with Crippen LogP contribution >= 0.6 is 11.6 Å². The molecular weight excluding hydrogens is 346 g/mol. The van der Waals surface area contributed by atoms with Crippen molar-refractivity contribution in [1.29, 1.82) is 0 Å². The molecule has 2 aromatic rings. The van der Waals surface area contributed by atoms with E-state index in [1.807, 2.05) is 45.0 Å². The zero-order chi connectivity index (χ0) is 18.9. The zero-order valence-electron chi connectivity index (χ0n) is 15.5. The lowest BCUT2D eigenvalue weighted by atomic mass is 9.91. The minimum Gasteiger partial charge on any atom is -0.457 e. The Bertz CT molecular complexity index is 830. The molecule has 1 aliphatic carbocycles. The van der Waals surface area contributed by atoms with Crippen LogP contribution in [0.4, 0.5) is 0 Å². The van der Waals surface area contributed by atoms with Crippen LogP contribution in [0.15, 0.2) is 54.6 Å². The number of pyridine rings is 1. The first-order valence-corrected chi connectivity index (χ1v) is 9.21. The summed E-state index contributed by atoms with van der Waals surface area (Å²) >= 11 is 6.02. The maximum atomic E-state index is 12.1. The minimum atomic E-state index is -0.526. The van der Waals surface area contributed by atoms with Crippen LogP contribution < -0.4 is 0 Å². The van der Waals surface area contributed by atoms with E-state index in [9.17, 15) is 4.79 Å². The van der Waals surface area contributed by atoms with E-state index < -0.39 is 5.60 Å². The minimum absolute atomic E-state index is 0.0339. The fourth-order valence-corrected chi connectivity index (χ4v) is 3.20. The molecule has 1 fully saturated rings. The quantitative estimate of drug-likeness (QED) is 0.533. The van der Waals surface area contributed by atoms with Gasteiger partial charge in [0.2, 0.25) is 0 Å². The number of carbonyl (C=O) groups is 1. The fraction of sp³-hybridized carbons (Fsp3) is 0.364. The smallest absolute Gasteiger partial charge is 0.334 e. The normalized spacial score (nSPS) is 15.4. The van der Waals surface area contributed by atoms with Crippen LogP contribution in [0.2, 0.25) is 5.02 Å². The summed E-state index contributed by atoms with van der Waals surface area (Å²) in [6.45, 7) is 9.42. The molecule has 1 aromatic heterocycles.